The molecule has 0 aliphatic carbocycles. The Kier molecular flexibility index (Phi) is 5.62. The van der Waals surface area contributed by atoms with Crippen LogP contribution >= 0.6 is 31.9 Å². The highest BCUT2D eigenvalue weighted by molar-refractivity contribution is 9.13. The van der Waals surface area contributed by atoms with Gasteiger partial charge in [-0.25, -0.2) is 0 Å². The molecule has 5 heteroatoms. The first kappa shape index (κ1) is 14.7. The highest BCUT2D eigenvalue weighted by Gasteiger charge is 2.19. The van der Waals surface area contributed by atoms with Crippen LogP contribution in [0.3, 0.4) is 0 Å². The second-order valence-corrected chi connectivity index (χ2v) is 5.56. The number of benzene rings is 1. The Balaban J connectivity index is 2.72. The van der Waals surface area contributed by atoms with Crippen LogP contribution in [-0.2, 0) is 9.53 Å². The number of esters is 1. The summed E-state index contributed by atoms with van der Waals surface area (Å²) in [4.78, 5) is 11.2. The molecule has 0 aliphatic heterocycles. The fourth-order valence-corrected chi connectivity index (χ4v) is 2.13. The lowest BCUT2D eigenvalue weighted by Crippen LogP contribution is -2.16. The van der Waals surface area contributed by atoms with Crippen LogP contribution in [0.2, 0.25) is 0 Å². The Hall–Kier alpha value is -0.390. The minimum Gasteiger partial charge on any atom is -0.469 e. The van der Waals surface area contributed by atoms with Crippen LogP contribution in [0, 0.1) is 5.92 Å². The third-order valence-electron chi connectivity index (χ3n) is 2.51. The van der Waals surface area contributed by atoms with Crippen LogP contribution in [0.4, 0.5) is 0 Å². The number of methoxy groups -OCH3 is 1. The van der Waals surface area contributed by atoms with Gasteiger partial charge in [-0.15, -0.1) is 0 Å². The predicted octanol–water partition coefficient (Wildman–Crippen LogP) is 3.44. The summed E-state index contributed by atoms with van der Waals surface area (Å²) >= 11 is 6.73. The van der Waals surface area contributed by atoms with Crippen molar-refractivity contribution in [3.8, 4) is 0 Å². The third kappa shape index (κ3) is 4.08. The zero-order chi connectivity index (χ0) is 13.0. The average molecular weight is 366 g/mol. The van der Waals surface area contributed by atoms with Crippen molar-refractivity contribution in [3.05, 3.63) is 32.7 Å². The van der Waals surface area contributed by atoms with Gasteiger partial charge in [0.1, 0.15) is 0 Å². The lowest BCUT2D eigenvalue weighted by atomic mass is 9.98. The number of carbonyl (C=O) groups is 1. The Labute approximate surface area is 117 Å². The molecule has 17 heavy (non-hydrogen) atoms. The molecule has 1 aromatic carbocycles. The number of ether oxygens (including phenoxy) is 1. The second kappa shape index (κ2) is 6.52. The van der Waals surface area contributed by atoms with Gasteiger partial charge in [-0.1, -0.05) is 13.0 Å². The van der Waals surface area contributed by atoms with E-state index >= 15 is 0 Å². The molecule has 0 saturated heterocycles. The summed E-state index contributed by atoms with van der Waals surface area (Å²) in [5.41, 5.74) is 0.774. The van der Waals surface area contributed by atoms with E-state index in [0.29, 0.717) is 6.42 Å². The average Bonchev–Trinajstić information content (AvgIpc) is 2.31. The number of aliphatic hydroxyl groups excluding tert-OH is 1. The molecule has 3 nitrogen and oxygen atoms in total. The second-order valence-electron chi connectivity index (χ2n) is 3.85. The fourth-order valence-electron chi connectivity index (χ4n) is 1.49. The fraction of sp³-hybridized carbons (Fsp3) is 0.417. The predicted molar refractivity (Wildman–Crippen MR) is 72.6 cm³/mol. The molecule has 2 atom stereocenters. The first-order valence-electron chi connectivity index (χ1n) is 5.16. The van der Waals surface area contributed by atoms with E-state index in [9.17, 15) is 9.90 Å². The highest BCUT2D eigenvalue weighted by Crippen LogP contribution is 2.29. The molecular formula is C12H14Br2O3. The molecule has 0 aliphatic rings. The van der Waals surface area contributed by atoms with Gasteiger partial charge >= 0.3 is 5.97 Å². The van der Waals surface area contributed by atoms with Crippen molar-refractivity contribution in [3.63, 3.8) is 0 Å². The van der Waals surface area contributed by atoms with E-state index < -0.39 is 6.10 Å². The Morgan fingerprint density at radius 3 is 2.59 bits per heavy atom. The molecule has 0 bridgehead atoms. The maximum absolute atomic E-state index is 11.2. The van der Waals surface area contributed by atoms with Gasteiger partial charge in [-0.2, -0.15) is 0 Å². The largest absolute Gasteiger partial charge is 0.469 e. The van der Waals surface area contributed by atoms with Gasteiger partial charge in [0.05, 0.1) is 19.1 Å². The lowest BCUT2D eigenvalue weighted by Gasteiger charge is -2.15. The van der Waals surface area contributed by atoms with Crippen LogP contribution < -0.4 is 0 Å². The SMILES string of the molecule is COC(=O)C(C)CC(O)c1ccc(Br)c(Br)c1. The molecule has 0 spiro atoms. The van der Waals surface area contributed by atoms with Gasteiger partial charge in [0, 0.05) is 8.95 Å². The maximum atomic E-state index is 11.2. The number of rotatable bonds is 4. The van der Waals surface area contributed by atoms with E-state index in [-0.39, 0.29) is 11.9 Å². The molecule has 0 fully saturated rings. The van der Waals surface area contributed by atoms with Crippen LogP contribution in [0.1, 0.15) is 25.0 Å². The van der Waals surface area contributed by atoms with Crippen molar-refractivity contribution in [1.82, 2.24) is 0 Å². The molecule has 0 amide bonds. The molecule has 1 N–H and O–H groups in total. The standard InChI is InChI=1S/C12H14Br2O3/c1-7(12(16)17-2)5-11(15)8-3-4-9(13)10(14)6-8/h3-4,6-7,11,15H,5H2,1-2H3. The van der Waals surface area contributed by atoms with E-state index in [4.69, 9.17) is 0 Å². The summed E-state index contributed by atoms with van der Waals surface area (Å²) in [6.07, 6.45) is -0.325. The van der Waals surface area contributed by atoms with Crippen LogP contribution in [0.15, 0.2) is 27.1 Å². The van der Waals surface area contributed by atoms with Gasteiger partial charge in [0.25, 0.3) is 0 Å². The minimum absolute atomic E-state index is 0.305. The topological polar surface area (TPSA) is 46.5 Å². The van der Waals surface area contributed by atoms with Crippen LogP contribution in [0.25, 0.3) is 0 Å². The van der Waals surface area contributed by atoms with E-state index in [1.54, 1.807) is 6.92 Å². The zero-order valence-electron chi connectivity index (χ0n) is 9.61. The lowest BCUT2D eigenvalue weighted by molar-refractivity contribution is -0.145. The molecule has 2 unspecified atom stereocenters. The highest BCUT2D eigenvalue weighted by atomic mass is 79.9. The maximum Gasteiger partial charge on any atom is 0.308 e. The normalized spacial score (nSPS) is 14.2. The molecule has 0 radical (unpaired) electrons. The quantitative estimate of drug-likeness (QED) is 0.831. The van der Waals surface area contributed by atoms with Gasteiger partial charge < -0.3 is 9.84 Å². The van der Waals surface area contributed by atoms with Gasteiger partial charge in [-0.05, 0) is 56.0 Å². The van der Waals surface area contributed by atoms with E-state index in [0.717, 1.165) is 14.5 Å². The third-order valence-corrected chi connectivity index (χ3v) is 4.39. The van der Waals surface area contributed by atoms with Crippen molar-refractivity contribution in [2.75, 3.05) is 7.11 Å². The molecule has 1 rings (SSSR count). The van der Waals surface area contributed by atoms with E-state index in [2.05, 4.69) is 36.6 Å². The molecule has 0 heterocycles. The number of hydrogen-bond acceptors (Lipinski definition) is 3. The summed E-state index contributed by atoms with van der Waals surface area (Å²) in [6.45, 7) is 1.74. The molecule has 94 valence electrons. The van der Waals surface area contributed by atoms with Crippen molar-refractivity contribution in [2.24, 2.45) is 5.92 Å². The van der Waals surface area contributed by atoms with Crippen molar-refractivity contribution in [1.29, 1.82) is 0 Å². The number of halogens is 2. The zero-order valence-corrected chi connectivity index (χ0v) is 12.8. The number of aliphatic hydroxyl groups is 1. The van der Waals surface area contributed by atoms with Gasteiger partial charge in [0.2, 0.25) is 0 Å². The van der Waals surface area contributed by atoms with E-state index in [1.165, 1.54) is 7.11 Å². The first-order valence-corrected chi connectivity index (χ1v) is 6.75. The van der Waals surface area contributed by atoms with Gasteiger partial charge in [0.15, 0.2) is 0 Å². The summed E-state index contributed by atoms with van der Waals surface area (Å²) in [6, 6.07) is 5.51. The summed E-state index contributed by atoms with van der Waals surface area (Å²) in [7, 11) is 1.35. The molecule has 0 aromatic heterocycles. The minimum atomic E-state index is -0.673. The Bertz CT molecular complexity index is 407. The Morgan fingerprint density at radius 1 is 1.41 bits per heavy atom. The molecule has 0 saturated carbocycles. The van der Waals surface area contributed by atoms with E-state index in [1.807, 2.05) is 18.2 Å². The number of hydrogen-bond donors (Lipinski definition) is 1. The van der Waals surface area contributed by atoms with Crippen molar-refractivity contribution < 1.29 is 14.6 Å². The Morgan fingerprint density at radius 2 is 2.06 bits per heavy atom. The summed E-state index contributed by atoms with van der Waals surface area (Å²) in [5.74, 6) is -0.627. The van der Waals surface area contributed by atoms with Gasteiger partial charge in [-0.3, -0.25) is 4.79 Å². The molecular weight excluding hydrogens is 352 g/mol. The monoisotopic (exact) mass is 364 g/mol. The smallest absolute Gasteiger partial charge is 0.308 e. The van der Waals surface area contributed by atoms with Crippen molar-refractivity contribution in [2.45, 2.75) is 19.4 Å². The number of carbonyl (C=O) groups excluding carboxylic acids is 1. The molecule has 1 aromatic rings. The van der Waals surface area contributed by atoms with Crippen molar-refractivity contribution >= 4 is 37.8 Å². The van der Waals surface area contributed by atoms with Crippen LogP contribution in [0.5, 0.6) is 0 Å². The van der Waals surface area contributed by atoms with Crippen LogP contribution in [-0.4, -0.2) is 18.2 Å². The summed E-state index contributed by atoms with van der Waals surface area (Å²) < 4.78 is 6.43. The first-order chi connectivity index (χ1) is 7.95. The summed E-state index contributed by atoms with van der Waals surface area (Å²) in [5, 5.41) is 10.0.